The highest BCUT2D eigenvalue weighted by molar-refractivity contribution is 9.10. The molecule has 0 atom stereocenters. The van der Waals surface area contributed by atoms with Crippen LogP contribution in [-0.4, -0.2) is 21.8 Å². The molecule has 0 bridgehead atoms. The topological polar surface area (TPSA) is 74.6 Å². The molecule has 0 aliphatic carbocycles. The molecule has 2 aromatic rings. The molecule has 20 heavy (non-hydrogen) atoms. The number of hydrogen-bond donors (Lipinski definition) is 2. The monoisotopic (exact) mass is 357 g/mol. The number of amides is 1. The molecule has 0 aliphatic heterocycles. The number of hydrogen-bond acceptors (Lipinski definition) is 5. The molecule has 0 spiro atoms. The fourth-order valence-corrected chi connectivity index (χ4v) is 2.69. The molecular weight excluding hydrogens is 349 g/mol. The lowest BCUT2D eigenvalue weighted by atomic mass is 10.2. The van der Waals surface area contributed by atoms with Gasteiger partial charge in [-0.3, -0.25) is 10.1 Å². The van der Waals surface area contributed by atoms with Gasteiger partial charge in [0, 0.05) is 9.85 Å². The van der Waals surface area contributed by atoms with Gasteiger partial charge in [-0.1, -0.05) is 11.2 Å². The zero-order chi connectivity index (χ0) is 14.7. The second-order valence-electron chi connectivity index (χ2n) is 3.77. The van der Waals surface area contributed by atoms with Crippen LogP contribution in [0.3, 0.4) is 0 Å². The van der Waals surface area contributed by atoms with Gasteiger partial charge in [0.25, 0.3) is 5.91 Å². The molecule has 2 N–H and O–H groups in total. The summed E-state index contributed by atoms with van der Waals surface area (Å²) in [5.74, 6) is -1.23. The molecule has 0 saturated carbocycles. The van der Waals surface area contributed by atoms with E-state index in [0.717, 1.165) is 11.3 Å². The molecule has 0 unspecified atom stereocenters. The SMILES string of the molecule is C/C(=N/O)c1csc(NC(=O)c2c(F)cccc2Br)n1. The molecule has 1 aromatic carbocycles. The number of halogens is 2. The number of anilines is 1. The number of nitrogens with zero attached hydrogens (tertiary/aromatic N) is 2. The molecule has 0 saturated heterocycles. The first-order chi connectivity index (χ1) is 9.52. The van der Waals surface area contributed by atoms with Crippen molar-refractivity contribution in [3.8, 4) is 0 Å². The lowest BCUT2D eigenvalue weighted by Crippen LogP contribution is -2.14. The van der Waals surface area contributed by atoms with E-state index in [1.807, 2.05) is 0 Å². The summed E-state index contributed by atoms with van der Waals surface area (Å²) >= 11 is 4.29. The highest BCUT2D eigenvalue weighted by Gasteiger charge is 2.17. The van der Waals surface area contributed by atoms with Crippen molar-refractivity contribution < 1.29 is 14.4 Å². The van der Waals surface area contributed by atoms with Crippen molar-refractivity contribution in [2.24, 2.45) is 5.16 Å². The van der Waals surface area contributed by atoms with E-state index in [0.29, 0.717) is 21.0 Å². The molecule has 1 heterocycles. The lowest BCUT2D eigenvalue weighted by molar-refractivity contribution is 0.102. The van der Waals surface area contributed by atoms with Gasteiger partial charge in [-0.15, -0.1) is 11.3 Å². The summed E-state index contributed by atoms with van der Waals surface area (Å²) in [6.45, 7) is 1.58. The number of carbonyl (C=O) groups is 1. The average molecular weight is 358 g/mol. The number of rotatable bonds is 3. The summed E-state index contributed by atoms with van der Waals surface area (Å²) in [6.07, 6.45) is 0. The summed E-state index contributed by atoms with van der Waals surface area (Å²) < 4.78 is 14.0. The van der Waals surface area contributed by atoms with Gasteiger partial charge in [-0.25, -0.2) is 9.37 Å². The summed E-state index contributed by atoms with van der Waals surface area (Å²) in [5.41, 5.74) is 0.686. The Hall–Kier alpha value is -1.80. The van der Waals surface area contributed by atoms with E-state index in [4.69, 9.17) is 5.21 Å². The first-order valence-corrected chi connectivity index (χ1v) is 7.10. The Morgan fingerprint density at radius 3 is 2.95 bits per heavy atom. The molecule has 5 nitrogen and oxygen atoms in total. The maximum atomic E-state index is 13.6. The van der Waals surface area contributed by atoms with E-state index < -0.39 is 11.7 Å². The molecule has 1 amide bonds. The smallest absolute Gasteiger partial charge is 0.261 e. The standard InChI is InChI=1S/C12H9BrFN3O2S/c1-6(17-19)9-5-20-12(15-9)16-11(18)10-7(13)3-2-4-8(10)14/h2-5,19H,1H3,(H,15,16,18)/b17-6-. The Balaban J connectivity index is 2.22. The first-order valence-electron chi connectivity index (χ1n) is 5.43. The number of carbonyl (C=O) groups excluding carboxylic acids is 1. The number of oxime groups is 1. The number of thiazole rings is 1. The minimum Gasteiger partial charge on any atom is -0.411 e. The van der Waals surface area contributed by atoms with Gasteiger partial charge >= 0.3 is 0 Å². The molecule has 0 fully saturated rings. The van der Waals surface area contributed by atoms with Gasteiger partial charge in [0.1, 0.15) is 17.2 Å². The van der Waals surface area contributed by atoms with Crippen molar-refractivity contribution in [1.29, 1.82) is 0 Å². The van der Waals surface area contributed by atoms with Crippen LogP contribution in [0.4, 0.5) is 9.52 Å². The number of aromatic nitrogens is 1. The van der Waals surface area contributed by atoms with Gasteiger partial charge in [-0.2, -0.15) is 0 Å². The van der Waals surface area contributed by atoms with Crippen molar-refractivity contribution >= 4 is 44.0 Å². The van der Waals surface area contributed by atoms with Crippen LogP contribution in [0, 0.1) is 5.82 Å². The second-order valence-corrected chi connectivity index (χ2v) is 5.49. The molecule has 0 radical (unpaired) electrons. The highest BCUT2D eigenvalue weighted by Crippen LogP contribution is 2.22. The van der Waals surface area contributed by atoms with E-state index in [-0.39, 0.29) is 5.56 Å². The van der Waals surface area contributed by atoms with Crippen LogP contribution in [0.1, 0.15) is 23.0 Å². The van der Waals surface area contributed by atoms with Gasteiger partial charge in [0.15, 0.2) is 5.13 Å². The van der Waals surface area contributed by atoms with E-state index in [1.165, 1.54) is 12.1 Å². The van der Waals surface area contributed by atoms with Gasteiger partial charge in [0.2, 0.25) is 0 Å². The predicted molar refractivity (Wildman–Crippen MR) is 78.2 cm³/mol. The van der Waals surface area contributed by atoms with Crippen LogP contribution in [0.25, 0.3) is 0 Å². The Bertz CT molecular complexity index is 667. The number of benzene rings is 1. The largest absolute Gasteiger partial charge is 0.411 e. The van der Waals surface area contributed by atoms with Crippen molar-refractivity contribution in [1.82, 2.24) is 4.98 Å². The third-order valence-corrected chi connectivity index (χ3v) is 3.85. The third-order valence-electron chi connectivity index (χ3n) is 2.44. The Labute approximate surface area is 126 Å². The fourth-order valence-electron chi connectivity index (χ4n) is 1.42. The number of nitrogens with one attached hydrogen (secondary N) is 1. The third kappa shape index (κ3) is 3.02. The minimum atomic E-state index is -0.623. The zero-order valence-electron chi connectivity index (χ0n) is 10.2. The molecule has 2 rings (SSSR count). The van der Waals surface area contributed by atoms with E-state index in [1.54, 1.807) is 18.4 Å². The molecular formula is C12H9BrFN3O2S. The van der Waals surface area contributed by atoms with Crippen LogP contribution < -0.4 is 5.32 Å². The van der Waals surface area contributed by atoms with Crippen molar-refractivity contribution in [2.75, 3.05) is 5.32 Å². The van der Waals surface area contributed by atoms with Crippen molar-refractivity contribution in [3.05, 3.63) is 45.1 Å². The maximum Gasteiger partial charge on any atom is 0.261 e. The van der Waals surface area contributed by atoms with Crippen LogP contribution in [-0.2, 0) is 0 Å². The molecule has 104 valence electrons. The summed E-state index contributed by atoms with van der Waals surface area (Å²) in [5, 5.41) is 16.1. The predicted octanol–water partition coefficient (Wildman–Crippen LogP) is 3.50. The summed E-state index contributed by atoms with van der Waals surface area (Å²) in [7, 11) is 0. The van der Waals surface area contributed by atoms with Crippen LogP contribution in [0.5, 0.6) is 0 Å². The second kappa shape index (κ2) is 6.10. The van der Waals surface area contributed by atoms with Crippen molar-refractivity contribution in [3.63, 3.8) is 0 Å². The first kappa shape index (κ1) is 14.6. The van der Waals surface area contributed by atoms with E-state index in [9.17, 15) is 9.18 Å². The van der Waals surface area contributed by atoms with Gasteiger partial charge in [0.05, 0.1) is 5.56 Å². The average Bonchev–Trinajstić information content (AvgIpc) is 2.86. The van der Waals surface area contributed by atoms with E-state index in [2.05, 4.69) is 31.4 Å². The summed E-state index contributed by atoms with van der Waals surface area (Å²) in [4.78, 5) is 16.1. The normalized spacial score (nSPS) is 11.4. The highest BCUT2D eigenvalue weighted by atomic mass is 79.9. The lowest BCUT2D eigenvalue weighted by Gasteiger charge is -2.05. The van der Waals surface area contributed by atoms with Crippen molar-refractivity contribution in [2.45, 2.75) is 6.92 Å². The Kier molecular flexibility index (Phi) is 4.46. The molecule has 1 aromatic heterocycles. The Morgan fingerprint density at radius 1 is 1.55 bits per heavy atom. The minimum absolute atomic E-state index is 0.0863. The summed E-state index contributed by atoms with van der Waals surface area (Å²) in [6, 6.07) is 4.28. The fraction of sp³-hybridized carbons (Fsp3) is 0.0833. The van der Waals surface area contributed by atoms with Crippen LogP contribution in [0.15, 0.2) is 33.2 Å². The maximum absolute atomic E-state index is 13.6. The van der Waals surface area contributed by atoms with Crippen LogP contribution >= 0.6 is 27.3 Å². The Morgan fingerprint density at radius 2 is 2.30 bits per heavy atom. The zero-order valence-corrected chi connectivity index (χ0v) is 12.6. The van der Waals surface area contributed by atoms with E-state index >= 15 is 0 Å². The molecule has 8 heteroatoms. The quantitative estimate of drug-likeness (QED) is 0.501. The van der Waals surface area contributed by atoms with Gasteiger partial charge < -0.3 is 5.21 Å². The molecule has 0 aliphatic rings. The van der Waals surface area contributed by atoms with Gasteiger partial charge in [-0.05, 0) is 35.0 Å². The van der Waals surface area contributed by atoms with Crippen LogP contribution in [0.2, 0.25) is 0 Å².